The number of hydrogen-bond acceptors (Lipinski definition) is 7. The maximum atomic E-state index is 12.6. The number of benzene rings is 2. The number of nitrogens with one attached hydrogen (secondary N) is 2. The van der Waals surface area contributed by atoms with Crippen molar-refractivity contribution in [3.8, 4) is 11.5 Å². The second-order valence-electron chi connectivity index (χ2n) is 10.9. The van der Waals surface area contributed by atoms with Gasteiger partial charge in [-0.05, 0) is 41.3 Å². The summed E-state index contributed by atoms with van der Waals surface area (Å²) in [6.45, 7) is 10.7. The number of imidazole rings is 1. The maximum absolute atomic E-state index is 12.6. The van der Waals surface area contributed by atoms with Gasteiger partial charge >= 0.3 is 0 Å². The summed E-state index contributed by atoms with van der Waals surface area (Å²) >= 11 is 0. The number of aryl methyl sites for hydroxylation is 1. The minimum Gasteiger partial charge on any atom is -0.457 e. The van der Waals surface area contributed by atoms with E-state index in [-0.39, 0.29) is 11.2 Å². The molecule has 0 aliphatic carbocycles. The van der Waals surface area contributed by atoms with E-state index in [9.17, 15) is 4.79 Å². The average molecular weight is 513 g/mol. The van der Waals surface area contributed by atoms with Gasteiger partial charge in [0.1, 0.15) is 11.5 Å². The van der Waals surface area contributed by atoms with Gasteiger partial charge in [0.2, 0.25) is 5.95 Å². The Labute approximate surface area is 224 Å². The first-order valence-corrected chi connectivity index (χ1v) is 13.2. The minimum absolute atomic E-state index is 0.0709. The third kappa shape index (κ3) is 6.20. The monoisotopic (exact) mass is 512 g/mol. The first kappa shape index (κ1) is 25.9. The highest BCUT2D eigenvalue weighted by atomic mass is 16.5. The third-order valence-electron chi connectivity index (χ3n) is 6.85. The summed E-state index contributed by atoms with van der Waals surface area (Å²) in [6, 6.07) is 18.0. The number of rotatable bonds is 8. The van der Waals surface area contributed by atoms with Crippen molar-refractivity contribution < 1.29 is 9.53 Å². The number of carbonyl (C=O) groups excluding carboxylic acids is 1. The molecule has 1 aliphatic heterocycles. The molecular weight excluding hydrogens is 476 g/mol. The first-order chi connectivity index (χ1) is 18.2. The van der Waals surface area contributed by atoms with E-state index in [1.54, 1.807) is 6.20 Å². The van der Waals surface area contributed by atoms with Crippen LogP contribution in [0.15, 0.2) is 60.8 Å². The highest BCUT2D eigenvalue weighted by Crippen LogP contribution is 2.30. The lowest BCUT2D eigenvalue weighted by molar-refractivity contribution is -0.119. The van der Waals surface area contributed by atoms with E-state index in [1.807, 2.05) is 41.9 Å². The number of anilines is 2. The molecule has 1 saturated heterocycles. The fraction of sp³-hybridized carbons (Fsp3) is 0.367. The van der Waals surface area contributed by atoms with E-state index in [0.29, 0.717) is 30.2 Å². The van der Waals surface area contributed by atoms with Gasteiger partial charge in [0.05, 0.1) is 29.7 Å². The molecule has 0 spiro atoms. The molecule has 2 aromatic heterocycles. The summed E-state index contributed by atoms with van der Waals surface area (Å²) in [6.07, 6.45) is 1.99. The SMILES string of the molecule is Cn1c(Nc2cccc(C(C)(C)C)c2)nc2cc(Oc3ccnc(CC(=O)CN4CCNCC4)c3)ccc21. The third-order valence-corrected chi connectivity index (χ3v) is 6.85. The minimum atomic E-state index is 0.0709. The Morgan fingerprint density at radius 3 is 2.63 bits per heavy atom. The van der Waals surface area contributed by atoms with Gasteiger partial charge in [0, 0.05) is 57.2 Å². The molecule has 2 aromatic carbocycles. The van der Waals surface area contributed by atoms with Crippen molar-refractivity contribution >= 4 is 28.5 Å². The number of fused-ring (bicyclic) bond motifs is 1. The van der Waals surface area contributed by atoms with Crippen LogP contribution in [0.5, 0.6) is 11.5 Å². The molecule has 3 heterocycles. The highest BCUT2D eigenvalue weighted by Gasteiger charge is 2.16. The van der Waals surface area contributed by atoms with E-state index in [1.165, 1.54) is 5.56 Å². The lowest BCUT2D eigenvalue weighted by Gasteiger charge is -2.26. The van der Waals surface area contributed by atoms with Crippen LogP contribution in [0.3, 0.4) is 0 Å². The van der Waals surface area contributed by atoms with E-state index in [0.717, 1.165) is 48.8 Å². The molecule has 1 aliphatic rings. The molecule has 0 saturated carbocycles. The van der Waals surface area contributed by atoms with Crippen molar-refractivity contribution in [2.75, 3.05) is 38.0 Å². The summed E-state index contributed by atoms with van der Waals surface area (Å²) < 4.78 is 8.18. The molecule has 5 rings (SSSR count). The van der Waals surface area contributed by atoms with Crippen LogP contribution in [0.25, 0.3) is 11.0 Å². The largest absolute Gasteiger partial charge is 0.457 e. The van der Waals surface area contributed by atoms with Crippen molar-refractivity contribution in [1.82, 2.24) is 24.8 Å². The number of hydrogen-bond donors (Lipinski definition) is 2. The first-order valence-electron chi connectivity index (χ1n) is 13.2. The average Bonchev–Trinajstić information content (AvgIpc) is 3.18. The predicted octanol–water partition coefficient (Wildman–Crippen LogP) is 4.82. The Morgan fingerprint density at radius 1 is 1.05 bits per heavy atom. The predicted molar refractivity (Wildman–Crippen MR) is 151 cm³/mol. The number of nitrogens with zero attached hydrogens (tertiary/aromatic N) is 4. The molecule has 2 N–H and O–H groups in total. The van der Waals surface area contributed by atoms with Gasteiger partial charge < -0.3 is 19.9 Å². The molecule has 0 amide bonds. The van der Waals surface area contributed by atoms with E-state index >= 15 is 0 Å². The Kier molecular flexibility index (Phi) is 7.44. The van der Waals surface area contributed by atoms with E-state index in [4.69, 9.17) is 9.72 Å². The molecule has 198 valence electrons. The van der Waals surface area contributed by atoms with Gasteiger partial charge in [-0.15, -0.1) is 0 Å². The van der Waals surface area contributed by atoms with Gasteiger partial charge in [0.15, 0.2) is 5.78 Å². The zero-order valence-corrected chi connectivity index (χ0v) is 22.6. The number of aromatic nitrogens is 3. The maximum Gasteiger partial charge on any atom is 0.208 e. The van der Waals surface area contributed by atoms with Crippen molar-refractivity contribution in [3.63, 3.8) is 0 Å². The van der Waals surface area contributed by atoms with Crippen LogP contribution >= 0.6 is 0 Å². The van der Waals surface area contributed by atoms with Crippen molar-refractivity contribution in [1.29, 1.82) is 0 Å². The Morgan fingerprint density at radius 2 is 1.84 bits per heavy atom. The van der Waals surface area contributed by atoms with Crippen LogP contribution in [0, 0.1) is 0 Å². The van der Waals surface area contributed by atoms with Gasteiger partial charge in [-0.3, -0.25) is 14.7 Å². The topological polar surface area (TPSA) is 84.3 Å². The molecule has 0 unspecified atom stereocenters. The molecule has 0 bridgehead atoms. The van der Waals surface area contributed by atoms with Crippen LogP contribution in [0.4, 0.5) is 11.6 Å². The smallest absolute Gasteiger partial charge is 0.208 e. The van der Waals surface area contributed by atoms with E-state index < -0.39 is 0 Å². The molecule has 38 heavy (non-hydrogen) atoms. The van der Waals surface area contributed by atoms with Crippen LogP contribution < -0.4 is 15.4 Å². The number of carbonyl (C=O) groups is 1. The molecule has 0 atom stereocenters. The van der Waals surface area contributed by atoms with Gasteiger partial charge in [-0.25, -0.2) is 4.98 Å². The van der Waals surface area contributed by atoms with Crippen LogP contribution in [0.2, 0.25) is 0 Å². The summed E-state index contributed by atoms with van der Waals surface area (Å²) in [5.74, 6) is 2.26. The lowest BCUT2D eigenvalue weighted by atomic mass is 9.87. The van der Waals surface area contributed by atoms with Crippen molar-refractivity contribution in [2.45, 2.75) is 32.6 Å². The summed E-state index contributed by atoms with van der Waals surface area (Å²) in [5, 5.41) is 6.77. The molecule has 8 nitrogen and oxygen atoms in total. The summed E-state index contributed by atoms with van der Waals surface area (Å²) in [4.78, 5) is 24.0. The molecule has 1 fully saturated rings. The normalized spacial score (nSPS) is 14.5. The number of ether oxygens (including phenoxy) is 1. The van der Waals surface area contributed by atoms with Crippen molar-refractivity contribution in [2.24, 2.45) is 7.05 Å². The lowest BCUT2D eigenvalue weighted by Crippen LogP contribution is -2.45. The summed E-state index contributed by atoms with van der Waals surface area (Å²) in [5.41, 5.74) is 4.88. The van der Waals surface area contributed by atoms with E-state index in [2.05, 4.69) is 65.6 Å². The molecule has 0 radical (unpaired) electrons. The second kappa shape index (κ2) is 10.9. The Hall–Kier alpha value is -3.75. The number of piperazine rings is 1. The van der Waals surface area contributed by atoms with Crippen LogP contribution in [-0.4, -0.2) is 57.9 Å². The van der Waals surface area contributed by atoms with Crippen LogP contribution in [-0.2, 0) is 23.7 Å². The molecule has 4 aromatic rings. The Bertz CT molecular complexity index is 1430. The second-order valence-corrected chi connectivity index (χ2v) is 10.9. The quantitative estimate of drug-likeness (QED) is 0.350. The fourth-order valence-corrected chi connectivity index (χ4v) is 4.68. The van der Waals surface area contributed by atoms with Gasteiger partial charge in [0.25, 0.3) is 0 Å². The molecular formula is C30H36N6O2. The number of pyridine rings is 1. The summed E-state index contributed by atoms with van der Waals surface area (Å²) in [7, 11) is 2.00. The van der Waals surface area contributed by atoms with Crippen LogP contribution in [0.1, 0.15) is 32.0 Å². The zero-order chi connectivity index (χ0) is 26.7. The van der Waals surface area contributed by atoms with Gasteiger partial charge in [-0.1, -0.05) is 32.9 Å². The Balaban J connectivity index is 1.28. The fourth-order valence-electron chi connectivity index (χ4n) is 4.68. The highest BCUT2D eigenvalue weighted by molar-refractivity contribution is 5.83. The van der Waals surface area contributed by atoms with Crippen molar-refractivity contribution in [3.05, 3.63) is 72.1 Å². The number of ketones is 1. The zero-order valence-electron chi connectivity index (χ0n) is 22.6. The number of Topliss-reactive ketones (excluding diaryl/α,β-unsaturated/α-hetero) is 1. The standard InChI is InChI=1S/C30H36N6O2/c1-30(2,3)21-6-5-7-22(16-21)33-29-34-27-19-25(8-9-28(27)35(29)4)38-26-10-11-32-23(18-26)17-24(37)20-36-14-12-31-13-15-36/h5-11,16,18-19,31H,12-15,17,20H2,1-4H3,(H,33,34). The van der Waals surface area contributed by atoms with Gasteiger partial charge in [-0.2, -0.15) is 0 Å². The molecule has 8 heteroatoms.